The molecule has 2 rings (SSSR count). The van der Waals surface area contributed by atoms with Crippen LogP contribution in [0.15, 0.2) is 24.3 Å². The highest BCUT2D eigenvalue weighted by atomic mass is 16.7. The van der Waals surface area contributed by atoms with Crippen LogP contribution in [0, 0.1) is 5.41 Å². The molecule has 0 amide bonds. The van der Waals surface area contributed by atoms with Gasteiger partial charge in [0.2, 0.25) is 6.79 Å². The Hall–Kier alpha value is -1.97. The van der Waals surface area contributed by atoms with Crippen LogP contribution in [-0.4, -0.2) is 18.9 Å². The first-order chi connectivity index (χ1) is 15.4. The molecule has 0 bridgehead atoms. The Kier molecular flexibility index (Phi) is 11.7. The lowest BCUT2D eigenvalue weighted by atomic mass is 9.88. The van der Waals surface area contributed by atoms with Crippen molar-refractivity contribution in [1.29, 1.82) is 0 Å². The number of carbonyl (C=O) groups is 1. The molecular weight excluding hydrogens is 400 g/mol. The third kappa shape index (κ3) is 10.1. The summed E-state index contributed by atoms with van der Waals surface area (Å²) in [6, 6.07) is 5.84. The molecule has 1 unspecified atom stereocenters. The lowest BCUT2D eigenvalue weighted by Gasteiger charge is -2.28. The predicted molar refractivity (Wildman–Crippen MR) is 132 cm³/mol. The molecule has 1 aliphatic rings. The normalized spacial score (nSPS) is 14.1. The maximum absolute atomic E-state index is 12.4. The maximum atomic E-state index is 12.4. The standard InChI is InChI=1S/C28H44O4/c1-5-6-7-8-9-10-11-12-13-14-15-16-27(29)32-26(28(2,3)4)20-18-23-17-19-24-25(21-23)31-22-30-24/h17-21,26H,5-16,22H2,1-4H3/b20-18+. The Bertz CT molecular complexity index is 702. The summed E-state index contributed by atoms with van der Waals surface area (Å²) < 4.78 is 16.6. The zero-order valence-corrected chi connectivity index (χ0v) is 20.8. The van der Waals surface area contributed by atoms with E-state index in [1.807, 2.05) is 30.4 Å². The summed E-state index contributed by atoms with van der Waals surface area (Å²) in [5.41, 5.74) is 0.838. The van der Waals surface area contributed by atoms with Gasteiger partial charge in [0.05, 0.1) is 0 Å². The number of carbonyl (C=O) groups excluding carboxylic acids is 1. The molecule has 1 aliphatic heterocycles. The second-order valence-corrected chi connectivity index (χ2v) is 10.0. The molecule has 0 aromatic heterocycles. The fraction of sp³-hybridized carbons (Fsp3) is 0.679. The number of rotatable bonds is 15. The summed E-state index contributed by atoms with van der Waals surface area (Å²) in [6.45, 7) is 8.81. The molecule has 0 radical (unpaired) electrons. The smallest absolute Gasteiger partial charge is 0.306 e. The predicted octanol–water partition coefficient (Wildman–Crippen LogP) is 8.09. The first kappa shape index (κ1) is 26.3. The highest BCUT2D eigenvalue weighted by Crippen LogP contribution is 2.33. The zero-order chi connectivity index (χ0) is 23.2. The third-order valence-electron chi connectivity index (χ3n) is 5.96. The minimum Gasteiger partial charge on any atom is -0.458 e. The van der Waals surface area contributed by atoms with Crippen molar-refractivity contribution in [1.82, 2.24) is 0 Å². The highest BCUT2D eigenvalue weighted by Gasteiger charge is 2.26. The third-order valence-corrected chi connectivity index (χ3v) is 5.96. The Morgan fingerprint density at radius 1 is 0.938 bits per heavy atom. The molecular formula is C28H44O4. The number of hydrogen-bond acceptors (Lipinski definition) is 4. The van der Waals surface area contributed by atoms with Gasteiger partial charge in [-0.05, 0) is 30.2 Å². The number of ether oxygens (including phenoxy) is 3. The van der Waals surface area contributed by atoms with Crippen LogP contribution in [0.1, 0.15) is 110 Å². The van der Waals surface area contributed by atoms with Gasteiger partial charge in [-0.25, -0.2) is 0 Å². The number of esters is 1. The van der Waals surface area contributed by atoms with Gasteiger partial charge in [0.25, 0.3) is 0 Å². The van der Waals surface area contributed by atoms with Gasteiger partial charge in [-0.1, -0.05) is 104 Å². The van der Waals surface area contributed by atoms with E-state index in [-0.39, 0.29) is 24.3 Å². The molecule has 1 heterocycles. The van der Waals surface area contributed by atoms with Gasteiger partial charge < -0.3 is 14.2 Å². The van der Waals surface area contributed by atoms with Crippen LogP contribution in [0.4, 0.5) is 0 Å². The van der Waals surface area contributed by atoms with Crippen molar-refractivity contribution < 1.29 is 19.0 Å². The summed E-state index contributed by atoms with van der Waals surface area (Å²) >= 11 is 0. The van der Waals surface area contributed by atoms with Crippen molar-refractivity contribution in [3.05, 3.63) is 29.8 Å². The lowest BCUT2D eigenvalue weighted by Crippen LogP contribution is -2.29. The molecule has 0 aliphatic carbocycles. The van der Waals surface area contributed by atoms with Gasteiger partial charge in [-0.3, -0.25) is 4.79 Å². The first-order valence-electron chi connectivity index (χ1n) is 12.7. The molecule has 0 spiro atoms. The first-order valence-corrected chi connectivity index (χ1v) is 12.7. The summed E-state index contributed by atoms with van der Waals surface area (Å²) in [5.74, 6) is 1.43. The molecule has 0 saturated carbocycles. The SMILES string of the molecule is CCCCCCCCCCCCCC(=O)OC(/C=C/c1ccc2c(c1)OCO2)C(C)(C)C. The summed E-state index contributed by atoms with van der Waals surface area (Å²) in [7, 11) is 0. The molecule has 1 aromatic rings. The Balaban J connectivity index is 1.65. The van der Waals surface area contributed by atoms with Crippen LogP contribution in [0.3, 0.4) is 0 Å². The summed E-state index contributed by atoms with van der Waals surface area (Å²) in [5, 5.41) is 0. The van der Waals surface area contributed by atoms with Crippen LogP contribution >= 0.6 is 0 Å². The van der Waals surface area contributed by atoms with Gasteiger partial charge >= 0.3 is 5.97 Å². The molecule has 0 fully saturated rings. The Labute approximate surface area is 195 Å². The van der Waals surface area contributed by atoms with Crippen molar-refractivity contribution in [2.45, 2.75) is 111 Å². The topological polar surface area (TPSA) is 44.8 Å². The minimum absolute atomic E-state index is 0.101. The molecule has 0 saturated heterocycles. The van der Waals surface area contributed by atoms with Crippen molar-refractivity contribution in [2.75, 3.05) is 6.79 Å². The largest absolute Gasteiger partial charge is 0.458 e. The van der Waals surface area contributed by atoms with Crippen molar-refractivity contribution in [3.8, 4) is 11.5 Å². The van der Waals surface area contributed by atoms with Crippen LogP contribution in [0.2, 0.25) is 0 Å². The summed E-state index contributed by atoms with van der Waals surface area (Å²) in [6.07, 6.45) is 18.3. The Morgan fingerprint density at radius 3 is 2.16 bits per heavy atom. The number of benzene rings is 1. The van der Waals surface area contributed by atoms with Crippen molar-refractivity contribution in [2.24, 2.45) is 5.41 Å². The van der Waals surface area contributed by atoms with E-state index < -0.39 is 0 Å². The van der Waals surface area contributed by atoms with E-state index in [1.165, 1.54) is 57.8 Å². The van der Waals surface area contributed by atoms with Gasteiger partial charge in [0.15, 0.2) is 11.5 Å². The molecule has 4 nitrogen and oxygen atoms in total. The minimum atomic E-state index is -0.270. The van der Waals surface area contributed by atoms with Crippen LogP contribution in [-0.2, 0) is 9.53 Å². The Morgan fingerprint density at radius 2 is 1.53 bits per heavy atom. The van der Waals surface area contributed by atoms with Crippen LogP contribution in [0.5, 0.6) is 11.5 Å². The number of unbranched alkanes of at least 4 members (excludes halogenated alkanes) is 10. The average molecular weight is 445 g/mol. The van der Waals surface area contributed by atoms with Crippen LogP contribution in [0.25, 0.3) is 6.08 Å². The monoisotopic (exact) mass is 444 g/mol. The van der Waals surface area contributed by atoms with E-state index in [1.54, 1.807) is 0 Å². The average Bonchev–Trinajstić information content (AvgIpc) is 3.22. The quantitative estimate of drug-likeness (QED) is 0.202. The van der Waals surface area contributed by atoms with Crippen molar-refractivity contribution in [3.63, 3.8) is 0 Å². The number of hydrogen-bond donors (Lipinski definition) is 0. The molecule has 1 aromatic carbocycles. The van der Waals surface area contributed by atoms with Crippen molar-refractivity contribution >= 4 is 12.0 Å². The van der Waals surface area contributed by atoms with E-state index in [4.69, 9.17) is 14.2 Å². The molecule has 4 heteroatoms. The van der Waals surface area contributed by atoms with Crippen LogP contribution < -0.4 is 9.47 Å². The van der Waals surface area contributed by atoms with Gasteiger partial charge in [0.1, 0.15) is 6.10 Å². The van der Waals surface area contributed by atoms with E-state index >= 15 is 0 Å². The van der Waals surface area contributed by atoms with E-state index in [0.717, 1.165) is 29.9 Å². The fourth-order valence-corrected chi connectivity index (χ4v) is 3.85. The lowest BCUT2D eigenvalue weighted by molar-refractivity contribution is -0.151. The number of fused-ring (bicyclic) bond motifs is 1. The molecule has 1 atom stereocenters. The maximum Gasteiger partial charge on any atom is 0.306 e. The molecule has 0 N–H and O–H groups in total. The highest BCUT2D eigenvalue weighted by molar-refractivity contribution is 5.70. The zero-order valence-electron chi connectivity index (χ0n) is 20.8. The second kappa shape index (κ2) is 14.2. The van der Waals surface area contributed by atoms with E-state index in [0.29, 0.717) is 6.42 Å². The molecule has 32 heavy (non-hydrogen) atoms. The van der Waals surface area contributed by atoms with E-state index in [2.05, 4.69) is 27.7 Å². The van der Waals surface area contributed by atoms with E-state index in [9.17, 15) is 4.79 Å². The van der Waals surface area contributed by atoms with Gasteiger partial charge in [0, 0.05) is 11.8 Å². The second-order valence-electron chi connectivity index (χ2n) is 10.0. The van der Waals surface area contributed by atoms with Gasteiger partial charge in [-0.15, -0.1) is 0 Å². The molecule has 180 valence electrons. The van der Waals surface area contributed by atoms with Gasteiger partial charge in [-0.2, -0.15) is 0 Å². The fourth-order valence-electron chi connectivity index (χ4n) is 3.85. The summed E-state index contributed by atoms with van der Waals surface area (Å²) in [4.78, 5) is 12.4.